The Hall–Kier alpha value is -0.820. The van der Waals surface area contributed by atoms with E-state index in [0.717, 1.165) is 18.0 Å². The Kier molecular flexibility index (Phi) is 4.22. The van der Waals surface area contributed by atoms with Gasteiger partial charge >= 0.3 is 0 Å². The van der Waals surface area contributed by atoms with Crippen molar-refractivity contribution in [2.45, 2.75) is 70.5 Å². The van der Waals surface area contributed by atoms with E-state index in [9.17, 15) is 0 Å². The van der Waals surface area contributed by atoms with E-state index in [1.807, 2.05) is 0 Å². The van der Waals surface area contributed by atoms with Crippen molar-refractivity contribution < 1.29 is 0 Å². The number of hydrogen-bond acceptors (Lipinski definition) is 1. The van der Waals surface area contributed by atoms with Crippen LogP contribution in [-0.2, 0) is 6.54 Å². The van der Waals surface area contributed by atoms with E-state index < -0.39 is 0 Å². The van der Waals surface area contributed by atoms with E-state index in [4.69, 9.17) is 0 Å². The summed E-state index contributed by atoms with van der Waals surface area (Å²) in [5.74, 6) is 1.02. The van der Waals surface area contributed by atoms with Gasteiger partial charge in [0, 0.05) is 18.6 Å². The zero-order chi connectivity index (χ0) is 13.1. The average molecular weight is 257 g/mol. The topological polar surface area (TPSA) is 3.24 Å². The molecule has 2 fully saturated rings. The van der Waals surface area contributed by atoms with Crippen molar-refractivity contribution in [3.05, 3.63) is 35.9 Å². The van der Waals surface area contributed by atoms with Crippen LogP contribution in [0.1, 0.15) is 57.4 Å². The molecular formula is C18H27N. The first-order valence-corrected chi connectivity index (χ1v) is 8.16. The van der Waals surface area contributed by atoms with Crippen molar-refractivity contribution in [2.24, 2.45) is 5.92 Å². The fourth-order valence-electron chi connectivity index (χ4n) is 4.17. The maximum Gasteiger partial charge on any atom is 0.0239 e. The molecule has 3 rings (SSSR count). The minimum Gasteiger partial charge on any atom is -0.293 e. The van der Waals surface area contributed by atoms with Gasteiger partial charge in [0.1, 0.15) is 0 Å². The molecule has 0 aliphatic carbocycles. The third-order valence-electron chi connectivity index (χ3n) is 5.16. The minimum atomic E-state index is 0.876. The minimum absolute atomic E-state index is 0.876. The van der Waals surface area contributed by atoms with Gasteiger partial charge in [-0.2, -0.15) is 0 Å². The first-order valence-electron chi connectivity index (χ1n) is 8.16. The van der Waals surface area contributed by atoms with E-state index in [1.165, 1.54) is 57.1 Å². The van der Waals surface area contributed by atoms with Crippen molar-refractivity contribution in [1.82, 2.24) is 4.90 Å². The Morgan fingerprint density at radius 3 is 2.37 bits per heavy atom. The van der Waals surface area contributed by atoms with E-state index in [2.05, 4.69) is 42.2 Å². The zero-order valence-corrected chi connectivity index (χ0v) is 12.2. The summed E-state index contributed by atoms with van der Waals surface area (Å²) >= 11 is 0. The summed E-state index contributed by atoms with van der Waals surface area (Å²) in [4.78, 5) is 2.80. The highest BCUT2D eigenvalue weighted by Crippen LogP contribution is 2.41. The standard InChI is InChI=1S/C18H27N/c1-2-3-7-16-12-17-10-11-18(13-16)19(17)14-15-8-5-4-6-9-15/h4-6,8-9,16-18H,2-3,7,10-14H2,1H3. The molecule has 19 heavy (non-hydrogen) atoms. The zero-order valence-electron chi connectivity index (χ0n) is 12.2. The van der Waals surface area contributed by atoms with Gasteiger partial charge in [0.15, 0.2) is 0 Å². The summed E-state index contributed by atoms with van der Waals surface area (Å²) < 4.78 is 0. The van der Waals surface area contributed by atoms with E-state index in [0.29, 0.717) is 0 Å². The predicted molar refractivity (Wildman–Crippen MR) is 81.0 cm³/mol. The van der Waals surface area contributed by atoms with Crippen molar-refractivity contribution in [3.8, 4) is 0 Å². The fraction of sp³-hybridized carbons (Fsp3) is 0.667. The highest BCUT2D eigenvalue weighted by atomic mass is 15.2. The molecule has 1 nitrogen and oxygen atoms in total. The van der Waals surface area contributed by atoms with Crippen molar-refractivity contribution in [1.29, 1.82) is 0 Å². The molecule has 0 amide bonds. The number of benzene rings is 1. The maximum atomic E-state index is 2.80. The molecule has 2 unspecified atom stereocenters. The van der Waals surface area contributed by atoms with E-state index >= 15 is 0 Å². The predicted octanol–water partition coefficient (Wildman–Crippen LogP) is 4.62. The van der Waals surface area contributed by atoms with Gasteiger partial charge < -0.3 is 0 Å². The first kappa shape index (κ1) is 13.2. The Morgan fingerprint density at radius 2 is 1.74 bits per heavy atom. The van der Waals surface area contributed by atoms with Gasteiger partial charge in [-0.15, -0.1) is 0 Å². The van der Waals surface area contributed by atoms with Gasteiger partial charge in [-0.05, 0) is 37.2 Å². The van der Waals surface area contributed by atoms with Crippen LogP contribution in [0.3, 0.4) is 0 Å². The lowest BCUT2D eigenvalue weighted by Gasteiger charge is -2.39. The van der Waals surface area contributed by atoms with Crippen LogP contribution in [0.2, 0.25) is 0 Å². The van der Waals surface area contributed by atoms with Crippen LogP contribution in [0, 0.1) is 5.92 Å². The van der Waals surface area contributed by atoms with Gasteiger partial charge in [-0.1, -0.05) is 56.5 Å². The van der Waals surface area contributed by atoms with Crippen LogP contribution in [0.5, 0.6) is 0 Å². The summed E-state index contributed by atoms with van der Waals surface area (Å²) in [6.45, 7) is 3.50. The van der Waals surface area contributed by atoms with Crippen LogP contribution >= 0.6 is 0 Å². The highest BCUT2D eigenvalue weighted by Gasteiger charge is 2.39. The lowest BCUT2D eigenvalue weighted by Crippen LogP contribution is -2.42. The van der Waals surface area contributed by atoms with Gasteiger partial charge in [0.2, 0.25) is 0 Å². The third-order valence-corrected chi connectivity index (χ3v) is 5.16. The van der Waals surface area contributed by atoms with Crippen LogP contribution in [-0.4, -0.2) is 17.0 Å². The molecule has 1 aromatic rings. The second kappa shape index (κ2) is 6.09. The molecule has 2 saturated heterocycles. The number of fused-ring (bicyclic) bond motifs is 2. The molecule has 2 atom stereocenters. The summed E-state index contributed by atoms with van der Waals surface area (Å²) in [6, 6.07) is 12.8. The van der Waals surface area contributed by atoms with E-state index in [-0.39, 0.29) is 0 Å². The number of rotatable bonds is 5. The average Bonchev–Trinajstić information content (AvgIpc) is 2.69. The lowest BCUT2D eigenvalue weighted by molar-refractivity contribution is 0.0920. The van der Waals surface area contributed by atoms with Gasteiger partial charge in [0.05, 0.1) is 0 Å². The smallest absolute Gasteiger partial charge is 0.0239 e. The Bertz CT molecular complexity index is 372. The van der Waals surface area contributed by atoms with Crippen LogP contribution in [0.15, 0.2) is 30.3 Å². The summed E-state index contributed by atoms with van der Waals surface area (Å²) in [7, 11) is 0. The number of nitrogens with zero attached hydrogens (tertiary/aromatic N) is 1. The molecule has 2 bridgehead atoms. The molecule has 1 heteroatoms. The summed E-state index contributed by atoms with van der Waals surface area (Å²) in [5.41, 5.74) is 1.49. The second-order valence-corrected chi connectivity index (χ2v) is 6.52. The molecule has 2 aliphatic rings. The summed E-state index contributed by atoms with van der Waals surface area (Å²) in [5, 5.41) is 0. The van der Waals surface area contributed by atoms with Gasteiger partial charge in [0.25, 0.3) is 0 Å². The van der Waals surface area contributed by atoms with Crippen molar-refractivity contribution in [2.75, 3.05) is 0 Å². The Labute approximate surface area is 118 Å². The lowest BCUT2D eigenvalue weighted by atomic mass is 9.86. The molecule has 0 spiro atoms. The number of hydrogen-bond donors (Lipinski definition) is 0. The van der Waals surface area contributed by atoms with Crippen LogP contribution in [0.4, 0.5) is 0 Å². The third kappa shape index (κ3) is 3.02. The van der Waals surface area contributed by atoms with E-state index in [1.54, 1.807) is 0 Å². The number of piperidine rings is 1. The monoisotopic (exact) mass is 257 g/mol. The molecule has 0 N–H and O–H groups in total. The molecular weight excluding hydrogens is 230 g/mol. The maximum absolute atomic E-state index is 2.80. The Morgan fingerprint density at radius 1 is 1.05 bits per heavy atom. The molecule has 2 heterocycles. The fourth-order valence-corrected chi connectivity index (χ4v) is 4.17. The quantitative estimate of drug-likeness (QED) is 0.744. The molecule has 104 valence electrons. The number of unbranched alkanes of at least 4 members (excludes halogenated alkanes) is 1. The van der Waals surface area contributed by atoms with Crippen LogP contribution in [0.25, 0.3) is 0 Å². The molecule has 0 radical (unpaired) electrons. The van der Waals surface area contributed by atoms with Crippen molar-refractivity contribution in [3.63, 3.8) is 0 Å². The SMILES string of the molecule is CCCCC1CC2CCC(C1)N2Cc1ccccc1. The molecule has 0 aromatic heterocycles. The molecule has 0 saturated carbocycles. The highest BCUT2D eigenvalue weighted by molar-refractivity contribution is 5.15. The van der Waals surface area contributed by atoms with Gasteiger partial charge in [-0.3, -0.25) is 4.90 Å². The summed E-state index contributed by atoms with van der Waals surface area (Å²) in [6.07, 6.45) is 10.1. The van der Waals surface area contributed by atoms with Crippen molar-refractivity contribution >= 4 is 0 Å². The van der Waals surface area contributed by atoms with Crippen LogP contribution < -0.4 is 0 Å². The molecule has 2 aliphatic heterocycles. The molecule has 1 aromatic carbocycles. The largest absolute Gasteiger partial charge is 0.293 e. The Balaban J connectivity index is 1.60. The second-order valence-electron chi connectivity index (χ2n) is 6.52. The van der Waals surface area contributed by atoms with Gasteiger partial charge in [-0.25, -0.2) is 0 Å². The first-order chi connectivity index (χ1) is 9.36. The normalized spacial score (nSPS) is 30.7.